The van der Waals surface area contributed by atoms with Crippen molar-refractivity contribution < 1.29 is 14.3 Å². The predicted octanol–water partition coefficient (Wildman–Crippen LogP) is 4.46. The lowest BCUT2D eigenvalue weighted by Crippen LogP contribution is -2.29. The molecule has 4 nitrogen and oxygen atoms in total. The number of nitrogens with one attached hydrogen (secondary N) is 1. The van der Waals surface area contributed by atoms with Crippen molar-refractivity contribution in [3.8, 4) is 11.5 Å². The van der Waals surface area contributed by atoms with E-state index in [-0.39, 0.29) is 17.1 Å². The maximum atomic E-state index is 12.7. The van der Waals surface area contributed by atoms with Gasteiger partial charge in [-0.15, -0.1) is 11.8 Å². The van der Waals surface area contributed by atoms with E-state index in [1.165, 1.54) is 11.8 Å². The van der Waals surface area contributed by atoms with E-state index in [9.17, 15) is 4.79 Å². The van der Waals surface area contributed by atoms with E-state index in [4.69, 9.17) is 9.47 Å². The summed E-state index contributed by atoms with van der Waals surface area (Å²) in [5, 5.41) is 2.76. The lowest BCUT2D eigenvalue weighted by Gasteiger charge is -2.21. The summed E-state index contributed by atoms with van der Waals surface area (Å²) in [5.74, 6) is 1.70. The minimum Gasteiger partial charge on any atom is -0.497 e. The highest BCUT2D eigenvalue weighted by molar-refractivity contribution is 8.00. The Morgan fingerprint density at radius 1 is 1.00 bits per heavy atom. The summed E-state index contributed by atoms with van der Waals surface area (Å²) in [6.45, 7) is 4.08. The average molecular weight is 345 g/mol. The van der Waals surface area contributed by atoms with Crippen LogP contribution >= 0.6 is 11.8 Å². The highest BCUT2D eigenvalue weighted by Crippen LogP contribution is 2.35. The minimum absolute atomic E-state index is 0.0222. The average Bonchev–Trinajstić information content (AvgIpc) is 2.60. The fourth-order valence-corrected chi connectivity index (χ4v) is 3.37. The number of carbonyl (C=O) groups excluding carboxylic acids is 1. The van der Waals surface area contributed by atoms with Crippen LogP contribution in [0.25, 0.3) is 0 Å². The van der Waals surface area contributed by atoms with Gasteiger partial charge in [0.2, 0.25) is 5.91 Å². The molecule has 1 amide bonds. The second-order valence-electron chi connectivity index (χ2n) is 5.65. The van der Waals surface area contributed by atoms with Crippen molar-refractivity contribution in [1.82, 2.24) is 0 Å². The summed E-state index contributed by atoms with van der Waals surface area (Å²) in [4.78, 5) is 13.7. The largest absolute Gasteiger partial charge is 0.497 e. The summed E-state index contributed by atoms with van der Waals surface area (Å²) < 4.78 is 10.5. The molecule has 0 saturated heterocycles. The lowest BCUT2D eigenvalue weighted by atomic mass is 10.1. The van der Waals surface area contributed by atoms with Crippen LogP contribution in [0.1, 0.15) is 13.8 Å². The number of hydrogen-bond acceptors (Lipinski definition) is 4. The van der Waals surface area contributed by atoms with Crippen LogP contribution in [0, 0.1) is 5.92 Å². The Labute approximate surface area is 147 Å². The number of benzene rings is 2. The second-order valence-corrected chi connectivity index (χ2v) is 6.83. The molecule has 0 aromatic heterocycles. The van der Waals surface area contributed by atoms with Crippen molar-refractivity contribution in [3.05, 3.63) is 48.5 Å². The van der Waals surface area contributed by atoms with Crippen LogP contribution in [0.15, 0.2) is 53.4 Å². The molecule has 2 rings (SSSR count). The van der Waals surface area contributed by atoms with Gasteiger partial charge < -0.3 is 14.8 Å². The van der Waals surface area contributed by atoms with E-state index < -0.39 is 0 Å². The maximum Gasteiger partial charge on any atom is 0.238 e. The number of ether oxygens (including phenoxy) is 2. The number of amides is 1. The van der Waals surface area contributed by atoms with Gasteiger partial charge in [-0.25, -0.2) is 0 Å². The standard InChI is InChI=1S/C19H23NO3S/c1-13(2)18(24-17-8-6-5-7-16(17)23-4)19(21)20-14-9-11-15(22-3)12-10-14/h5-13,18H,1-4H3,(H,20,21). The zero-order chi connectivity index (χ0) is 17.5. The van der Waals surface area contributed by atoms with Gasteiger partial charge in [0.05, 0.1) is 24.4 Å². The molecule has 1 atom stereocenters. The zero-order valence-electron chi connectivity index (χ0n) is 14.4. The molecule has 0 saturated carbocycles. The molecule has 0 fully saturated rings. The maximum absolute atomic E-state index is 12.7. The van der Waals surface area contributed by atoms with Gasteiger partial charge in [0, 0.05) is 5.69 Å². The third-order valence-corrected chi connectivity index (χ3v) is 5.15. The number of carbonyl (C=O) groups is 1. The molecular formula is C19H23NO3S. The summed E-state index contributed by atoms with van der Waals surface area (Å²) in [7, 11) is 3.26. The number of hydrogen-bond donors (Lipinski definition) is 1. The van der Waals surface area contributed by atoms with Gasteiger partial charge in [-0.05, 0) is 42.3 Å². The first-order valence-electron chi connectivity index (χ1n) is 7.79. The van der Waals surface area contributed by atoms with Gasteiger partial charge in [-0.1, -0.05) is 26.0 Å². The Bertz CT molecular complexity index is 671. The van der Waals surface area contributed by atoms with E-state index >= 15 is 0 Å². The molecule has 1 N–H and O–H groups in total. The van der Waals surface area contributed by atoms with Crippen LogP contribution < -0.4 is 14.8 Å². The monoisotopic (exact) mass is 345 g/mol. The summed E-state index contributed by atoms with van der Waals surface area (Å²) in [5.41, 5.74) is 0.757. The van der Waals surface area contributed by atoms with E-state index in [2.05, 4.69) is 5.32 Å². The van der Waals surface area contributed by atoms with Crippen LogP contribution in [-0.4, -0.2) is 25.4 Å². The fourth-order valence-electron chi connectivity index (χ4n) is 2.23. The number of rotatable bonds is 7. The normalized spacial score (nSPS) is 11.9. The first-order valence-corrected chi connectivity index (χ1v) is 8.67. The summed E-state index contributed by atoms with van der Waals surface area (Å²) in [6, 6.07) is 15.1. The van der Waals surface area contributed by atoms with Crippen LogP contribution in [-0.2, 0) is 4.79 Å². The molecule has 0 spiro atoms. The molecule has 2 aromatic rings. The van der Waals surface area contributed by atoms with Crippen LogP contribution in [0.2, 0.25) is 0 Å². The van der Waals surface area contributed by atoms with Crippen LogP contribution in [0.3, 0.4) is 0 Å². The Balaban J connectivity index is 2.12. The Kier molecular flexibility index (Phi) is 6.55. The summed E-state index contributed by atoms with van der Waals surface area (Å²) in [6.07, 6.45) is 0. The number of para-hydroxylation sites is 1. The van der Waals surface area contributed by atoms with Gasteiger partial charge in [0.15, 0.2) is 0 Å². The van der Waals surface area contributed by atoms with Gasteiger partial charge in [-0.2, -0.15) is 0 Å². The smallest absolute Gasteiger partial charge is 0.238 e. The Hall–Kier alpha value is -2.14. The third-order valence-electron chi connectivity index (χ3n) is 3.54. The van der Waals surface area contributed by atoms with Crippen molar-refractivity contribution in [2.75, 3.05) is 19.5 Å². The highest BCUT2D eigenvalue weighted by Gasteiger charge is 2.24. The molecule has 0 aliphatic heterocycles. The second kappa shape index (κ2) is 8.64. The quantitative estimate of drug-likeness (QED) is 0.753. The molecule has 5 heteroatoms. The zero-order valence-corrected chi connectivity index (χ0v) is 15.2. The minimum atomic E-state index is -0.219. The third kappa shape index (κ3) is 4.68. The van der Waals surface area contributed by atoms with Crippen molar-refractivity contribution in [3.63, 3.8) is 0 Å². The molecule has 0 aliphatic carbocycles. The van der Waals surface area contributed by atoms with Gasteiger partial charge >= 0.3 is 0 Å². The molecule has 24 heavy (non-hydrogen) atoms. The van der Waals surface area contributed by atoms with Crippen molar-refractivity contribution in [1.29, 1.82) is 0 Å². The Morgan fingerprint density at radius 3 is 2.25 bits per heavy atom. The first kappa shape index (κ1) is 18.2. The molecule has 0 bridgehead atoms. The highest BCUT2D eigenvalue weighted by atomic mass is 32.2. The number of thioether (sulfide) groups is 1. The van der Waals surface area contributed by atoms with Crippen molar-refractivity contribution in [2.24, 2.45) is 5.92 Å². The first-order chi connectivity index (χ1) is 11.5. The number of methoxy groups -OCH3 is 2. The molecule has 0 radical (unpaired) electrons. The van der Waals surface area contributed by atoms with E-state index in [0.29, 0.717) is 0 Å². The van der Waals surface area contributed by atoms with Crippen LogP contribution in [0.5, 0.6) is 11.5 Å². The van der Waals surface area contributed by atoms with Gasteiger partial charge in [-0.3, -0.25) is 4.79 Å². The Morgan fingerprint density at radius 2 is 1.67 bits per heavy atom. The molecule has 0 heterocycles. The van der Waals surface area contributed by atoms with Crippen molar-refractivity contribution in [2.45, 2.75) is 24.0 Å². The van der Waals surface area contributed by atoms with E-state index in [1.54, 1.807) is 14.2 Å². The van der Waals surface area contributed by atoms with Crippen LogP contribution in [0.4, 0.5) is 5.69 Å². The molecule has 1 unspecified atom stereocenters. The molecule has 128 valence electrons. The van der Waals surface area contributed by atoms with Gasteiger partial charge in [0.1, 0.15) is 11.5 Å². The summed E-state index contributed by atoms with van der Waals surface area (Å²) >= 11 is 1.52. The SMILES string of the molecule is COc1ccc(NC(=O)C(Sc2ccccc2OC)C(C)C)cc1. The number of anilines is 1. The molecular weight excluding hydrogens is 322 g/mol. The van der Waals surface area contributed by atoms with Crippen molar-refractivity contribution >= 4 is 23.4 Å². The van der Waals surface area contributed by atoms with Gasteiger partial charge in [0.25, 0.3) is 0 Å². The van der Waals surface area contributed by atoms with E-state index in [1.807, 2.05) is 62.4 Å². The molecule has 2 aromatic carbocycles. The lowest BCUT2D eigenvalue weighted by molar-refractivity contribution is -0.116. The van der Waals surface area contributed by atoms with E-state index in [0.717, 1.165) is 22.1 Å². The fraction of sp³-hybridized carbons (Fsp3) is 0.316. The topological polar surface area (TPSA) is 47.6 Å². The predicted molar refractivity (Wildman–Crippen MR) is 99.1 cm³/mol. The molecule has 0 aliphatic rings.